The van der Waals surface area contributed by atoms with Crippen LogP contribution in [0, 0.1) is 17.3 Å². The van der Waals surface area contributed by atoms with Crippen molar-refractivity contribution in [1.82, 2.24) is 4.90 Å². The van der Waals surface area contributed by atoms with Crippen molar-refractivity contribution in [2.24, 2.45) is 17.3 Å². The van der Waals surface area contributed by atoms with Gasteiger partial charge in [-0.3, -0.25) is 4.79 Å². The SMILES string of the molecule is CC(C(=O)N1CCC(C(C)(C)O)C1)C(C)(C)C. The van der Waals surface area contributed by atoms with Crippen LogP contribution in [0.1, 0.15) is 48.0 Å². The molecule has 2 unspecified atom stereocenters. The van der Waals surface area contributed by atoms with Crippen LogP contribution in [-0.4, -0.2) is 34.6 Å². The van der Waals surface area contributed by atoms with Crippen LogP contribution in [0.25, 0.3) is 0 Å². The molecule has 0 aromatic carbocycles. The zero-order valence-corrected chi connectivity index (χ0v) is 12.1. The molecule has 1 amide bonds. The first kappa shape index (κ1) is 14.5. The Hall–Kier alpha value is -0.570. The molecule has 1 saturated heterocycles. The van der Waals surface area contributed by atoms with Gasteiger partial charge >= 0.3 is 0 Å². The fourth-order valence-electron chi connectivity index (χ4n) is 2.18. The predicted octanol–water partition coefficient (Wildman–Crippen LogP) is 2.29. The second kappa shape index (κ2) is 4.60. The zero-order chi connectivity index (χ0) is 13.4. The van der Waals surface area contributed by atoms with Gasteiger partial charge < -0.3 is 10.0 Å². The van der Waals surface area contributed by atoms with Crippen LogP contribution in [0.15, 0.2) is 0 Å². The molecular formula is C14H27NO2. The molecule has 0 bridgehead atoms. The topological polar surface area (TPSA) is 40.5 Å². The van der Waals surface area contributed by atoms with Crippen molar-refractivity contribution >= 4 is 5.91 Å². The maximum Gasteiger partial charge on any atom is 0.225 e. The Morgan fingerprint density at radius 2 is 1.82 bits per heavy atom. The molecule has 1 N–H and O–H groups in total. The monoisotopic (exact) mass is 241 g/mol. The number of rotatable bonds is 2. The Balaban J connectivity index is 2.63. The lowest BCUT2D eigenvalue weighted by Gasteiger charge is -2.31. The van der Waals surface area contributed by atoms with Gasteiger partial charge in [0.15, 0.2) is 0 Å². The van der Waals surface area contributed by atoms with Gasteiger partial charge in [-0.25, -0.2) is 0 Å². The number of hydrogen-bond acceptors (Lipinski definition) is 2. The van der Waals surface area contributed by atoms with E-state index in [0.717, 1.165) is 13.0 Å². The van der Waals surface area contributed by atoms with Crippen LogP contribution < -0.4 is 0 Å². The Morgan fingerprint density at radius 1 is 1.29 bits per heavy atom. The maximum absolute atomic E-state index is 12.3. The molecule has 0 aliphatic carbocycles. The minimum absolute atomic E-state index is 0.00387. The van der Waals surface area contributed by atoms with Gasteiger partial charge in [0.25, 0.3) is 0 Å². The highest BCUT2D eigenvalue weighted by atomic mass is 16.3. The minimum atomic E-state index is -0.681. The van der Waals surface area contributed by atoms with E-state index in [2.05, 4.69) is 20.8 Å². The molecule has 3 nitrogen and oxygen atoms in total. The fraction of sp³-hybridized carbons (Fsp3) is 0.929. The third-order valence-corrected chi connectivity index (χ3v) is 4.17. The van der Waals surface area contributed by atoms with Crippen LogP contribution in [0.3, 0.4) is 0 Å². The molecule has 1 heterocycles. The first-order chi connectivity index (χ1) is 7.53. The van der Waals surface area contributed by atoms with E-state index >= 15 is 0 Å². The van der Waals surface area contributed by atoms with Gasteiger partial charge in [0.05, 0.1) is 5.60 Å². The van der Waals surface area contributed by atoms with Gasteiger partial charge in [0.2, 0.25) is 5.91 Å². The fourth-order valence-corrected chi connectivity index (χ4v) is 2.18. The number of nitrogens with zero attached hydrogens (tertiary/aromatic N) is 1. The third-order valence-electron chi connectivity index (χ3n) is 4.17. The lowest BCUT2D eigenvalue weighted by Crippen LogP contribution is -2.40. The van der Waals surface area contributed by atoms with E-state index in [4.69, 9.17) is 0 Å². The van der Waals surface area contributed by atoms with E-state index in [1.54, 1.807) is 0 Å². The minimum Gasteiger partial charge on any atom is -0.390 e. The van der Waals surface area contributed by atoms with Crippen molar-refractivity contribution in [2.75, 3.05) is 13.1 Å². The highest BCUT2D eigenvalue weighted by molar-refractivity contribution is 5.79. The van der Waals surface area contributed by atoms with Crippen LogP contribution in [0.2, 0.25) is 0 Å². The number of aliphatic hydroxyl groups is 1. The molecule has 0 spiro atoms. The van der Waals surface area contributed by atoms with Gasteiger partial charge in [0, 0.05) is 24.9 Å². The average molecular weight is 241 g/mol. The lowest BCUT2D eigenvalue weighted by molar-refractivity contribution is -0.137. The number of hydrogen-bond donors (Lipinski definition) is 1. The van der Waals surface area contributed by atoms with E-state index in [9.17, 15) is 9.90 Å². The molecular weight excluding hydrogens is 214 g/mol. The van der Waals surface area contributed by atoms with Gasteiger partial charge in [-0.1, -0.05) is 27.7 Å². The number of carbonyl (C=O) groups excluding carboxylic acids is 1. The molecule has 0 aromatic heterocycles. The van der Waals surface area contributed by atoms with Crippen molar-refractivity contribution in [3.8, 4) is 0 Å². The normalized spacial score (nSPS) is 23.9. The van der Waals surface area contributed by atoms with Crippen molar-refractivity contribution in [2.45, 2.75) is 53.6 Å². The number of likely N-dealkylation sites (tertiary alicyclic amines) is 1. The molecule has 2 atom stereocenters. The van der Waals surface area contributed by atoms with Crippen molar-refractivity contribution < 1.29 is 9.90 Å². The Labute approximate surface area is 105 Å². The highest BCUT2D eigenvalue weighted by Crippen LogP contribution is 2.32. The van der Waals surface area contributed by atoms with Crippen molar-refractivity contribution in [3.05, 3.63) is 0 Å². The molecule has 0 saturated carbocycles. The van der Waals surface area contributed by atoms with Crippen LogP contribution in [-0.2, 0) is 4.79 Å². The molecule has 1 aliphatic heterocycles. The molecule has 1 rings (SSSR count). The van der Waals surface area contributed by atoms with E-state index in [1.807, 2.05) is 25.7 Å². The molecule has 1 aliphatic rings. The van der Waals surface area contributed by atoms with Crippen LogP contribution >= 0.6 is 0 Å². The second-order valence-corrected chi connectivity index (χ2v) is 7.01. The Bertz CT molecular complexity index is 286. The standard InChI is InChI=1S/C14H27NO2/c1-10(13(2,3)4)12(16)15-8-7-11(9-15)14(5,6)17/h10-11,17H,7-9H2,1-6H3. The van der Waals surface area contributed by atoms with E-state index in [1.165, 1.54) is 0 Å². The van der Waals surface area contributed by atoms with Gasteiger partial charge in [-0.15, -0.1) is 0 Å². The summed E-state index contributed by atoms with van der Waals surface area (Å²) in [5, 5.41) is 9.98. The smallest absolute Gasteiger partial charge is 0.225 e. The molecule has 0 aromatic rings. The summed E-state index contributed by atoms with van der Waals surface area (Å²) in [6.07, 6.45) is 0.909. The summed E-state index contributed by atoms with van der Waals surface area (Å²) >= 11 is 0. The first-order valence-electron chi connectivity index (χ1n) is 6.54. The van der Waals surface area contributed by atoms with Crippen molar-refractivity contribution in [1.29, 1.82) is 0 Å². The second-order valence-electron chi connectivity index (χ2n) is 7.01. The van der Waals surface area contributed by atoms with Crippen molar-refractivity contribution in [3.63, 3.8) is 0 Å². The predicted molar refractivity (Wildman–Crippen MR) is 69.6 cm³/mol. The summed E-state index contributed by atoms with van der Waals surface area (Å²) in [5.41, 5.74) is -0.677. The average Bonchev–Trinajstić information content (AvgIpc) is 2.61. The maximum atomic E-state index is 12.3. The first-order valence-corrected chi connectivity index (χ1v) is 6.54. The van der Waals surface area contributed by atoms with Gasteiger partial charge in [-0.05, 0) is 25.7 Å². The van der Waals surface area contributed by atoms with E-state index in [0.29, 0.717) is 6.54 Å². The number of carbonyl (C=O) groups is 1. The quantitative estimate of drug-likeness (QED) is 0.806. The van der Waals surface area contributed by atoms with Crippen LogP contribution in [0.5, 0.6) is 0 Å². The lowest BCUT2D eigenvalue weighted by atomic mass is 9.81. The summed E-state index contributed by atoms with van der Waals surface area (Å²) in [6.45, 7) is 13.4. The zero-order valence-electron chi connectivity index (χ0n) is 12.1. The molecule has 3 heteroatoms. The summed E-state index contributed by atoms with van der Waals surface area (Å²) in [4.78, 5) is 14.2. The summed E-state index contributed by atoms with van der Waals surface area (Å²) in [5.74, 6) is 0.464. The Kier molecular flexibility index (Phi) is 3.92. The summed E-state index contributed by atoms with van der Waals surface area (Å²) in [6, 6.07) is 0. The largest absolute Gasteiger partial charge is 0.390 e. The summed E-state index contributed by atoms with van der Waals surface area (Å²) < 4.78 is 0. The molecule has 1 fully saturated rings. The molecule has 17 heavy (non-hydrogen) atoms. The van der Waals surface area contributed by atoms with Crippen LogP contribution in [0.4, 0.5) is 0 Å². The molecule has 100 valence electrons. The Morgan fingerprint density at radius 3 is 2.18 bits per heavy atom. The van der Waals surface area contributed by atoms with E-state index < -0.39 is 5.60 Å². The van der Waals surface area contributed by atoms with Gasteiger partial charge in [0.1, 0.15) is 0 Å². The molecule has 0 radical (unpaired) electrons. The van der Waals surface area contributed by atoms with Gasteiger partial charge in [-0.2, -0.15) is 0 Å². The summed E-state index contributed by atoms with van der Waals surface area (Å²) in [7, 11) is 0. The van der Waals surface area contributed by atoms with E-state index in [-0.39, 0.29) is 23.2 Å². The third kappa shape index (κ3) is 3.44. The number of amides is 1. The highest BCUT2D eigenvalue weighted by Gasteiger charge is 2.38.